The smallest absolute Gasteiger partial charge is 0.335 e. The molecule has 1 heterocycles. The van der Waals surface area contributed by atoms with Gasteiger partial charge in [0.1, 0.15) is 9.21 Å². The molecule has 2 N–H and O–H groups in total. The summed E-state index contributed by atoms with van der Waals surface area (Å²) in [6, 6.07) is 2.88. The first kappa shape index (κ1) is 13.0. The number of hydrogen-bond donors (Lipinski definition) is 2. The van der Waals surface area contributed by atoms with Gasteiger partial charge in [-0.15, -0.1) is 4.91 Å². The van der Waals surface area contributed by atoms with E-state index in [-0.39, 0.29) is 5.56 Å². The molecule has 1 rings (SSSR count). The quantitative estimate of drug-likeness (QED) is 0.469. The van der Waals surface area contributed by atoms with E-state index in [2.05, 4.69) is 36.8 Å². The lowest BCUT2D eigenvalue weighted by Gasteiger charge is -1.95. The summed E-state index contributed by atoms with van der Waals surface area (Å²) in [4.78, 5) is 22.4. The van der Waals surface area contributed by atoms with Crippen LogP contribution in [0.3, 0.4) is 0 Å². The van der Waals surface area contributed by atoms with Gasteiger partial charge in [-0.2, -0.15) is 0 Å². The van der Waals surface area contributed by atoms with E-state index in [0.717, 1.165) is 0 Å². The minimum Gasteiger partial charge on any atom is -0.478 e. The molecule has 0 saturated carbocycles. The van der Waals surface area contributed by atoms with Gasteiger partial charge in [-0.25, -0.2) is 9.78 Å². The Labute approximate surface area is 95.2 Å². The molecule has 1 aromatic rings. The molecule has 0 aliphatic carbocycles. The number of nitrogens with zero attached hydrogens (tertiary/aromatic N) is 2. The Bertz CT molecular complexity index is 324. The summed E-state index contributed by atoms with van der Waals surface area (Å²) in [6.45, 7) is 0. The van der Waals surface area contributed by atoms with Crippen LogP contribution in [0.25, 0.3) is 0 Å². The Morgan fingerprint density at radius 1 is 1.36 bits per heavy atom. The summed E-state index contributed by atoms with van der Waals surface area (Å²) in [5.41, 5.74) is 0.207. The highest BCUT2D eigenvalue weighted by atomic mass is 79.9. The van der Waals surface area contributed by atoms with E-state index in [4.69, 9.17) is 15.2 Å². The maximum Gasteiger partial charge on any atom is 0.335 e. The summed E-state index contributed by atoms with van der Waals surface area (Å²) in [7, 11) is 0. The number of halogens is 2. The highest BCUT2D eigenvalue weighted by Gasteiger charge is 2.04. The van der Waals surface area contributed by atoms with E-state index >= 15 is 0 Å². The summed E-state index contributed by atoms with van der Waals surface area (Å²) < 4.78 is 1.01. The van der Waals surface area contributed by atoms with Crippen molar-refractivity contribution < 1.29 is 15.1 Å². The van der Waals surface area contributed by atoms with Crippen molar-refractivity contribution in [3.8, 4) is 0 Å². The molecule has 6 nitrogen and oxygen atoms in total. The number of carboxylic acid groups (broad SMARTS) is 1. The van der Waals surface area contributed by atoms with Crippen molar-refractivity contribution in [1.29, 1.82) is 0 Å². The fourth-order valence-corrected chi connectivity index (χ4v) is 1.70. The van der Waals surface area contributed by atoms with Crippen molar-refractivity contribution in [2.75, 3.05) is 0 Å². The highest BCUT2D eigenvalue weighted by Crippen LogP contribution is 2.15. The monoisotopic (exact) mass is 326 g/mol. The summed E-state index contributed by atoms with van der Waals surface area (Å²) in [5.74, 6) is -0.964. The van der Waals surface area contributed by atoms with Crippen LogP contribution in [0.1, 0.15) is 10.4 Å². The third-order valence-corrected chi connectivity index (χ3v) is 1.82. The number of rotatable bonds is 1. The third kappa shape index (κ3) is 4.87. The molecule has 0 aliphatic heterocycles. The molecule has 76 valence electrons. The van der Waals surface area contributed by atoms with Gasteiger partial charge >= 0.3 is 5.97 Å². The van der Waals surface area contributed by atoms with Crippen LogP contribution < -0.4 is 0 Å². The molecular formula is C6H4Br2N2O4. The lowest BCUT2D eigenvalue weighted by Crippen LogP contribution is -1.96. The van der Waals surface area contributed by atoms with Gasteiger partial charge in [0.25, 0.3) is 0 Å². The second-order valence-electron chi connectivity index (χ2n) is 1.89. The van der Waals surface area contributed by atoms with E-state index in [1.54, 1.807) is 0 Å². The molecule has 0 aromatic carbocycles. The standard InChI is InChI=1S/C6H3Br2NO2.HNO2/c7-4-1-3(6(10)11)2-5(8)9-4;2-1-3/h1-2H,(H,10,11);(H,2,3). The average molecular weight is 328 g/mol. The fourth-order valence-electron chi connectivity index (χ4n) is 0.588. The minimum absolute atomic E-state index is 0.207. The molecule has 0 unspecified atom stereocenters. The molecule has 0 fully saturated rings. The Balaban J connectivity index is 0.000000500. The number of pyridine rings is 1. The minimum atomic E-state index is -0.964. The van der Waals surface area contributed by atoms with Crippen molar-refractivity contribution in [3.63, 3.8) is 0 Å². The Hall–Kier alpha value is -1.02. The number of carbonyl (C=O) groups is 1. The predicted molar refractivity (Wildman–Crippen MR) is 54.2 cm³/mol. The van der Waals surface area contributed by atoms with Crippen LogP contribution in [0.4, 0.5) is 0 Å². The van der Waals surface area contributed by atoms with Gasteiger partial charge in [0.15, 0.2) is 5.34 Å². The predicted octanol–water partition coefficient (Wildman–Crippen LogP) is 2.45. The van der Waals surface area contributed by atoms with Crippen LogP contribution >= 0.6 is 31.9 Å². The zero-order chi connectivity index (χ0) is 11.1. The molecule has 0 aliphatic rings. The molecule has 0 radical (unpaired) electrons. The molecule has 0 atom stereocenters. The van der Waals surface area contributed by atoms with Crippen LogP contribution in [-0.2, 0) is 0 Å². The van der Waals surface area contributed by atoms with Gasteiger partial charge in [-0.1, -0.05) is 0 Å². The van der Waals surface area contributed by atoms with E-state index in [1.807, 2.05) is 0 Å². The van der Waals surface area contributed by atoms with Gasteiger partial charge in [0.2, 0.25) is 0 Å². The van der Waals surface area contributed by atoms with Crippen LogP contribution in [0.15, 0.2) is 26.7 Å². The number of aromatic carboxylic acids is 1. The SMILES string of the molecule is O=C(O)c1cc(Br)nc(Br)c1.O=NO. The van der Waals surface area contributed by atoms with Crippen molar-refractivity contribution in [3.05, 3.63) is 31.8 Å². The molecule has 8 heteroatoms. The summed E-state index contributed by atoms with van der Waals surface area (Å²) in [6.07, 6.45) is 0. The van der Waals surface area contributed by atoms with Crippen molar-refractivity contribution in [2.24, 2.45) is 5.34 Å². The zero-order valence-corrected chi connectivity index (χ0v) is 9.69. The highest BCUT2D eigenvalue weighted by molar-refractivity contribution is 9.11. The molecule has 0 spiro atoms. The first-order chi connectivity index (χ1) is 6.51. The maximum absolute atomic E-state index is 10.4. The van der Waals surface area contributed by atoms with Crippen molar-refractivity contribution in [2.45, 2.75) is 0 Å². The third-order valence-electron chi connectivity index (χ3n) is 1.01. The van der Waals surface area contributed by atoms with Gasteiger partial charge in [-0.05, 0) is 44.0 Å². The molecule has 14 heavy (non-hydrogen) atoms. The van der Waals surface area contributed by atoms with Crippen LogP contribution in [0.5, 0.6) is 0 Å². The van der Waals surface area contributed by atoms with E-state index in [0.29, 0.717) is 9.21 Å². The Morgan fingerprint density at radius 3 is 2.00 bits per heavy atom. The molecule has 1 aromatic heterocycles. The normalized spacial score (nSPS) is 8.43. The van der Waals surface area contributed by atoms with Crippen molar-refractivity contribution >= 4 is 37.8 Å². The molecular weight excluding hydrogens is 324 g/mol. The van der Waals surface area contributed by atoms with E-state index in [1.165, 1.54) is 17.5 Å². The van der Waals surface area contributed by atoms with Gasteiger partial charge in [0, 0.05) is 0 Å². The first-order valence-corrected chi connectivity index (χ1v) is 4.63. The lowest BCUT2D eigenvalue weighted by molar-refractivity contribution is 0.0696. The van der Waals surface area contributed by atoms with Gasteiger partial charge < -0.3 is 10.3 Å². The molecule has 0 amide bonds. The fraction of sp³-hybridized carbons (Fsp3) is 0. The zero-order valence-electron chi connectivity index (χ0n) is 6.52. The average Bonchev–Trinajstić information content (AvgIpc) is 2.03. The second kappa shape index (κ2) is 6.44. The summed E-state index contributed by atoms with van der Waals surface area (Å²) >= 11 is 6.15. The van der Waals surface area contributed by atoms with Crippen LogP contribution in [-0.4, -0.2) is 21.3 Å². The van der Waals surface area contributed by atoms with Gasteiger partial charge in [0.05, 0.1) is 5.56 Å². The Morgan fingerprint density at radius 2 is 1.71 bits per heavy atom. The molecule has 0 saturated heterocycles. The number of aromatic nitrogens is 1. The van der Waals surface area contributed by atoms with Crippen molar-refractivity contribution in [1.82, 2.24) is 4.98 Å². The lowest BCUT2D eigenvalue weighted by atomic mass is 10.3. The summed E-state index contributed by atoms with van der Waals surface area (Å²) in [5, 5.41) is 16.5. The maximum atomic E-state index is 10.4. The Kier molecular flexibility index (Phi) is 5.97. The topological polar surface area (TPSA) is 99.8 Å². The molecule has 0 bridgehead atoms. The van der Waals surface area contributed by atoms with Crippen LogP contribution in [0, 0.1) is 4.91 Å². The van der Waals surface area contributed by atoms with E-state index in [9.17, 15) is 4.79 Å². The van der Waals surface area contributed by atoms with E-state index < -0.39 is 5.97 Å². The van der Waals surface area contributed by atoms with Gasteiger partial charge in [-0.3, -0.25) is 0 Å². The first-order valence-electron chi connectivity index (χ1n) is 3.04. The second-order valence-corrected chi connectivity index (χ2v) is 3.51. The number of hydrogen-bond acceptors (Lipinski definition) is 4. The number of carboxylic acids is 1. The van der Waals surface area contributed by atoms with Crippen LogP contribution in [0.2, 0.25) is 0 Å². The largest absolute Gasteiger partial charge is 0.478 e.